The fraction of sp³-hybridized carbons (Fsp3) is 0.417. The lowest BCUT2D eigenvalue weighted by atomic mass is 10.1. The van der Waals surface area contributed by atoms with Gasteiger partial charge in [-0.25, -0.2) is 0 Å². The van der Waals surface area contributed by atoms with Gasteiger partial charge in [0, 0.05) is 29.9 Å². The molecule has 0 bridgehead atoms. The average Bonchev–Trinajstić information content (AvgIpc) is 2.75. The number of benzene rings is 2. The third-order valence-corrected chi connectivity index (χ3v) is 5.51. The third-order valence-electron chi connectivity index (χ3n) is 4.89. The molecule has 0 atom stereocenters. The van der Waals surface area contributed by atoms with Crippen LogP contribution in [0.1, 0.15) is 67.2 Å². The molecule has 0 spiro atoms. The van der Waals surface area contributed by atoms with Crippen molar-refractivity contribution in [1.29, 1.82) is 0 Å². The second-order valence-corrected chi connectivity index (χ2v) is 7.92. The van der Waals surface area contributed by atoms with Crippen LogP contribution < -0.4 is 10.1 Å². The number of hydrogen-bond donors (Lipinski definition) is 1. The van der Waals surface area contributed by atoms with Crippen molar-refractivity contribution < 1.29 is 14.3 Å². The first kappa shape index (κ1) is 23.9. The lowest BCUT2D eigenvalue weighted by Gasteiger charge is -2.18. The Hall–Kier alpha value is -2.34. The minimum atomic E-state index is -0.215. The Bertz CT molecular complexity index is 833. The number of nitrogens with zero attached hydrogens (tertiary/aromatic N) is 1. The van der Waals surface area contributed by atoms with Crippen LogP contribution >= 0.6 is 15.9 Å². The fourth-order valence-electron chi connectivity index (χ4n) is 3.06. The number of hydrogen-bond acceptors (Lipinski definition) is 3. The molecule has 0 radical (unpaired) electrons. The van der Waals surface area contributed by atoms with Gasteiger partial charge >= 0.3 is 0 Å². The highest BCUT2D eigenvalue weighted by Gasteiger charge is 2.13. The van der Waals surface area contributed by atoms with Gasteiger partial charge in [0.2, 0.25) is 0 Å². The summed E-state index contributed by atoms with van der Waals surface area (Å²) in [6.45, 7) is 8.10. The van der Waals surface area contributed by atoms with Crippen molar-refractivity contribution >= 4 is 33.4 Å². The summed E-state index contributed by atoms with van der Waals surface area (Å²) in [5.41, 5.74) is 1.78. The highest BCUT2D eigenvalue weighted by molar-refractivity contribution is 9.10. The van der Waals surface area contributed by atoms with Crippen LogP contribution in [0.5, 0.6) is 5.75 Å². The smallest absolute Gasteiger partial charge is 0.255 e. The molecule has 2 rings (SSSR count). The van der Waals surface area contributed by atoms with Crippen LogP contribution in [0.3, 0.4) is 0 Å². The van der Waals surface area contributed by atoms with Crippen LogP contribution in [-0.4, -0.2) is 36.4 Å². The molecule has 0 fully saturated rings. The summed E-state index contributed by atoms with van der Waals surface area (Å²) in [4.78, 5) is 26.7. The van der Waals surface area contributed by atoms with Gasteiger partial charge in [-0.15, -0.1) is 0 Å². The summed E-state index contributed by atoms with van der Waals surface area (Å²) in [7, 11) is 0. The average molecular weight is 475 g/mol. The maximum atomic E-state index is 12.6. The molecule has 0 aromatic heterocycles. The standard InChI is InChI=1S/C24H31BrN2O3/c1-4-7-8-9-16-30-22-15-12-19(17-21(22)25)23(28)26-20-13-10-18(11-14-20)24(29)27(5-2)6-3/h10-15,17H,4-9,16H2,1-3H3,(H,26,28). The highest BCUT2D eigenvalue weighted by Crippen LogP contribution is 2.27. The first-order chi connectivity index (χ1) is 14.5. The van der Waals surface area contributed by atoms with E-state index < -0.39 is 0 Å². The van der Waals surface area contributed by atoms with E-state index in [1.165, 1.54) is 12.8 Å². The van der Waals surface area contributed by atoms with Crippen molar-refractivity contribution in [3.8, 4) is 5.75 Å². The minimum Gasteiger partial charge on any atom is -0.492 e. The zero-order valence-electron chi connectivity index (χ0n) is 18.0. The quantitative estimate of drug-likeness (QED) is 0.397. The Morgan fingerprint density at radius 2 is 1.60 bits per heavy atom. The molecule has 30 heavy (non-hydrogen) atoms. The molecule has 5 nitrogen and oxygen atoms in total. The van der Waals surface area contributed by atoms with Crippen molar-refractivity contribution in [3.05, 3.63) is 58.1 Å². The topological polar surface area (TPSA) is 58.6 Å². The third kappa shape index (κ3) is 6.87. The number of amides is 2. The number of carbonyl (C=O) groups is 2. The van der Waals surface area contributed by atoms with E-state index in [0.29, 0.717) is 36.5 Å². The summed E-state index contributed by atoms with van der Waals surface area (Å²) in [6.07, 6.45) is 4.60. The summed E-state index contributed by atoms with van der Waals surface area (Å²) in [6, 6.07) is 12.3. The number of carbonyl (C=O) groups excluding carboxylic acids is 2. The second-order valence-electron chi connectivity index (χ2n) is 7.06. The van der Waals surface area contributed by atoms with Crippen LogP contribution in [0.25, 0.3) is 0 Å². The predicted octanol–water partition coefficient (Wildman–Crippen LogP) is 6.14. The number of anilines is 1. The lowest BCUT2D eigenvalue weighted by molar-refractivity contribution is 0.0773. The Morgan fingerprint density at radius 1 is 0.933 bits per heavy atom. The van der Waals surface area contributed by atoms with Gasteiger partial charge in [0.1, 0.15) is 5.75 Å². The van der Waals surface area contributed by atoms with Gasteiger partial charge in [-0.05, 0) is 78.7 Å². The number of unbranched alkanes of at least 4 members (excludes halogenated alkanes) is 3. The first-order valence-corrected chi connectivity index (χ1v) is 11.4. The Kier molecular flexibility index (Phi) is 9.87. The summed E-state index contributed by atoms with van der Waals surface area (Å²) < 4.78 is 6.55. The van der Waals surface area contributed by atoms with Crippen molar-refractivity contribution in [3.63, 3.8) is 0 Å². The van der Waals surface area contributed by atoms with E-state index in [0.717, 1.165) is 23.1 Å². The Balaban J connectivity index is 1.95. The molecule has 6 heteroatoms. The Morgan fingerprint density at radius 3 is 2.20 bits per heavy atom. The molecule has 0 saturated carbocycles. The van der Waals surface area contributed by atoms with Gasteiger partial charge in [0.15, 0.2) is 0 Å². The first-order valence-electron chi connectivity index (χ1n) is 10.6. The SMILES string of the molecule is CCCCCCOc1ccc(C(=O)Nc2ccc(C(=O)N(CC)CC)cc2)cc1Br. The zero-order valence-corrected chi connectivity index (χ0v) is 19.6. The molecule has 162 valence electrons. The Labute approximate surface area is 187 Å². The molecule has 2 aromatic carbocycles. The molecule has 2 aromatic rings. The van der Waals surface area contributed by atoms with Gasteiger partial charge in [-0.1, -0.05) is 26.2 Å². The molecule has 2 amide bonds. The van der Waals surface area contributed by atoms with E-state index in [1.807, 2.05) is 19.9 Å². The van der Waals surface area contributed by atoms with Crippen LogP contribution in [-0.2, 0) is 0 Å². The van der Waals surface area contributed by atoms with Gasteiger partial charge < -0.3 is 15.0 Å². The van der Waals surface area contributed by atoms with E-state index >= 15 is 0 Å². The van der Waals surface area contributed by atoms with Crippen molar-refractivity contribution in [2.75, 3.05) is 25.0 Å². The summed E-state index contributed by atoms with van der Waals surface area (Å²) in [5.74, 6) is 0.516. The lowest BCUT2D eigenvalue weighted by Crippen LogP contribution is -2.30. The molecule has 1 N–H and O–H groups in total. The monoisotopic (exact) mass is 474 g/mol. The molecule has 0 aliphatic carbocycles. The number of nitrogens with one attached hydrogen (secondary N) is 1. The number of ether oxygens (including phenoxy) is 1. The maximum Gasteiger partial charge on any atom is 0.255 e. The van der Waals surface area contributed by atoms with Crippen LogP contribution in [0.2, 0.25) is 0 Å². The van der Waals surface area contributed by atoms with Crippen molar-refractivity contribution in [2.45, 2.75) is 46.5 Å². The summed E-state index contributed by atoms with van der Waals surface area (Å²) in [5, 5.41) is 2.87. The minimum absolute atomic E-state index is 0.00732. The maximum absolute atomic E-state index is 12.6. The number of halogens is 1. The van der Waals surface area contributed by atoms with Crippen molar-refractivity contribution in [2.24, 2.45) is 0 Å². The molecule has 0 unspecified atom stereocenters. The molecule has 0 heterocycles. The molecule has 0 saturated heterocycles. The van der Waals surface area contributed by atoms with Crippen LogP contribution in [0, 0.1) is 0 Å². The van der Waals surface area contributed by atoms with Gasteiger partial charge in [0.05, 0.1) is 11.1 Å². The molecule has 0 aliphatic rings. The van der Waals surface area contributed by atoms with Gasteiger partial charge in [-0.2, -0.15) is 0 Å². The van der Waals surface area contributed by atoms with E-state index in [9.17, 15) is 9.59 Å². The zero-order chi connectivity index (χ0) is 21.9. The van der Waals surface area contributed by atoms with E-state index in [-0.39, 0.29) is 11.8 Å². The normalized spacial score (nSPS) is 10.5. The van der Waals surface area contributed by atoms with Crippen LogP contribution in [0.4, 0.5) is 5.69 Å². The van der Waals surface area contributed by atoms with E-state index in [2.05, 4.69) is 28.2 Å². The van der Waals surface area contributed by atoms with Crippen LogP contribution in [0.15, 0.2) is 46.9 Å². The van der Waals surface area contributed by atoms with Gasteiger partial charge in [-0.3, -0.25) is 9.59 Å². The fourth-order valence-corrected chi connectivity index (χ4v) is 3.56. The second kappa shape index (κ2) is 12.4. The molecule has 0 aliphatic heterocycles. The molecular weight excluding hydrogens is 444 g/mol. The van der Waals surface area contributed by atoms with Gasteiger partial charge in [0.25, 0.3) is 11.8 Å². The number of rotatable bonds is 11. The highest BCUT2D eigenvalue weighted by atomic mass is 79.9. The predicted molar refractivity (Wildman–Crippen MR) is 125 cm³/mol. The summed E-state index contributed by atoms with van der Waals surface area (Å²) >= 11 is 3.49. The molecular formula is C24H31BrN2O3. The largest absolute Gasteiger partial charge is 0.492 e. The van der Waals surface area contributed by atoms with E-state index in [1.54, 1.807) is 41.3 Å². The van der Waals surface area contributed by atoms with E-state index in [4.69, 9.17) is 4.74 Å². The van der Waals surface area contributed by atoms with Crippen molar-refractivity contribution in [1.82, 2.24) is 4.90 Å².